The predicted octanol–water partition coefficient (Wildman–Crippen LogP) is 4.48. The van der Waals surface area contributed by atoms with E-state index in [0.29, 0.717) is 16.5 Å². The molecule has 6 heteroatoms. The highest BCUT2D eigenvalue weighted by Gasteiger charge is 2.10. The number of para-hydroxylation sites is 1. The summed E-state index contributed by atoms with van der Waals surface area (Å²) in [5.74, 6) is 0.406. The van der Waals surface area contributed by atoms with E-state index in [1.54, 1.807) is 36.4 Å². The van der Waals surface area contributed by atoms with Gasteiger partial charge < -0.3 is 10.1 Å². The van der Waals surface area contributed by atoms with Crippen molar-refractivity contribution in [2.75, 3.05) is 5.32 Å². The van der Waals surface area contributed by atoms with E-state index in [9.17, 15) is 4.79 Å². The van der Waals surface area contributed by atoms with E-state index in [4.69, 9.17) is 16.3 Å². The molecule has 0 aliphatic rings. The fourth-order valence-corrected chi connectivity index (χ4v) is 2.29. The molecule has 0 unspecified atom stereocenters. The second-order valence-electron chi connectivity index (χ2n) is 5.11. The van der Waals surface area contributed by atoms with Crippen molar-refractivity contribution in [3.63, 3.8) is 0 Å². The minimum absolute atomic E-state index is 0.196. The maximum atomic E-state index is 12.1. The number of aromatic nitrogens is 2. The number of hydrogen-bond donors (Lipinski definition) is 1. The molecule has 0 saturated carbocycles. The maximum absolute atomic E-state index is 12.1. The number of anilines is 1. The number of nitrogens with zero attached hydrogens (tertiary/aromatic N) is 2. The van der Waals surface area contributed by atoms with E-state index in [-0.39, 0.29) is 17.5 Å². The number of carbonyl (C=O) groups is 1. The lowest BCUT2D eigenvalue weighted by molar-refractivity contribution is 0.102. The van der Waals surface area contributed by atoms with Crippen molar-refractivity contribution >= 4 is 23.2 Å². The Labute approximate surface area is 144 Å². The third-order valence-electron chi connectivity index (χ3n) is 3.21. The molecule has 0 aliphatic carbocycles. The van der Waals surface area contributed by atoms with Gasteiger partial charge in [-0.15, -0.1) is 10.2 Å². The molecule has 3 rings (SSSR count). The van der Waals surface area contributed by atoms with Gasteiger partial charge in [0, 0.05) is 11.8 Å². The lowest BCUT2D eigenvalue weighted by atomic mass is 10.2. The molecule has 0 radical (unpaired) electrons. The summed E-state index contributed by atoms with van der Waals surface area (Å²) in [4.78, 5) is 12.1. The molecule has 120 valence electrons. The topological polar surface area (TPSA) is 64.1 Å². The maximum Gasteiger partial charge on any atom is 0.276 e. The standard InChI is InChI=1S/C18H14ClN3O2/c1-12-7-9-16(14(19)11-12)24-17-10-8-15(21-22-17)18(23)20-13-5-3-2-4-6-13/h2-11H,1H3,(H,20,23). The Balaban J connectivity index is 1.70. The first-order valence-corrected chi connectivity index (χ1v) is 7.64. The number of carbonyl (C=O) groups excluding carboxylic acids is 1. The van der Waals surface area contributed by atoms with Gasteiger partial charge in [-0.2, -0.15) is 0 Å². The van der Waals surface area contributed by atoms with Crippen LogP contribution in [0.25, 0.3) is 0 Å². The molecule has 1 amide bonds. The summed E-state index contributed by atoms with van der Waals surface area (Å²) in [6, 6.07) is 17.7. The summed E-state index contributed by atoms with van der Waals surface area (Å²) in [5.41, 5.74) is 1.92. The van der Waals surface area contributed by atoms with E-state index in [1.165, 1.54) is 0 Å². The van der Waals surface area contributed by atoms with E-state index < -0.39 is 0 Å². The lowest BCUT2D eigenvalue weighted by Gasteiger charge is -2.07. The van der Waals surface area contributed by atoms with Gasteiger partial charge in [-0.25, -0.2) is 0 Å². The lowest BCUT2D eigenvalue weighted by Crippen LogP contribution is -2.14. The third-order valence-corrected chi connectivity index (χ3v) is 3.50. The van der Waals surface area contributed by atoms with Crippen molar-refractivity contribution in [1.29, 1.82) is 0 Å². The average molecular weight is 340 g/mol. The number of hydrogen-bond acceptors (Lipinski definition) is 4. The van der Waals surface area contributed by atoms with Crippen molar-refractivity contribution in [3.05, 3.63) is 76.9 Å². The average Bonchev–Trinajstić information content (AvgIpc) is 2.59. The fraction of sp³-hybridized carbons (Fsp3) is 0.0556. The molecule has 5 nitrogen and oxygen atoms in total. The molecule has 0 saturated heterocycles. The highest BCUT2D eigenvalue weighted by atomic mass is 35.5. The Morgan fingerprint density at radius 3 is 2.50 bits per heavy atom. The van der Waals surface area contributed by atoms with Gasteiger partial charge in [-0.05, 0) is 42.8 Å². The Kier molecular flexibility index (Phi) is 4.72. The number of aryl methyl sites for hydroxylation is 1. The van der Waals surface area contributed by atoms with Crippen molar-refractivity contribution < 1.29 is 9.53 Å². The first-order valence-electron chi connectivity index (χ1n) is 7.26. The fourth-order valence-electron chi connectivity index (χ4n) is 2.01. The number of benzene rings is 2. The molecule has 0 spiro atoms. The molecule has 3 aromatic rings. The first-order chi connectivity index (χ1) is 11.6. The normalized spacial score (nSPS) is 10.2. The van der Waals surface area contributed by atoms with Crippen LogP contribution in [0.1, 0.15) is 16.1 Å². The van der Waals surface area contributed by atoms with Crippen LogP contribution in [-0.2, 0) is 0 Å². The number of rotatable bonds is 4. The van der Waals surface area contributed by atoms with Gasteiger partial charge in [0.2, 0.25) is 5.88 Å². The predicted molar refractivity (Wildman–Crippen MR) is 92.7 cm³/mol. The number of amides is 1. The van der Waals surface area contributed by atoms with Gasteiger partial charge in [0.05, 0.1) is 5.02 Å². The zero-order chi connectivity index (χ0) is 16.9. The van der Waals surface area contributed by atoms with Crippen LogP contribution in [0.5, 0.6) is 11.6 Å². The SMILES string of the molecule is Cc1ccc(Oc2ccc(C(=O)Nc3ccccc3)nn2)c(Cl)c1. The Morgan fingerprint density at radius 2 is 1.83 bits per heavy atom. The minimum Gasteiger partial charge on any atom is -0.436 e. The number of halogens is 1. The van der Waals surface area contributed by atoms with E-state index >= 15 is 0 Å². The highest BCUT2D eigenvalue weighted by molar-refractivity contribution is 6.32. The van der Waals surface area contributed by atoms with Crippen LogP contribution in [0.15, 0.2) is 60.7 Å². The van der Waals surface area contributed by atoms with Crippen LogP contribution in [0.2, 0.25) is 5.02 Å². The summed E-state index contributed by atoms with van der Waals surface area (Å²) >= 11 is 6.11. The van der Waals surface area contributed by atoms with Crippen LogP contribution >= 0.6 is 11.6 Å². The monoisotopic (exact) mass is 339 g/mol. The quantitative estimate of drug-likeness (QED) is 0.761. The van der Waals surface area contributed by atoms with Gasteiger partial charge >= 0.3 is 0 Å². The van der Waals surface area contributed by atoms with Gasteiger partial charge in [0.25, 0.3) is 5.91 Å². The molecule has 0 aliphatic heterocycles. The number of nitrogens with one attached hydrogen (secondary N) is 1. The summed E-state index contributed by atoms with van der Waals surface area (Å²) in [7, 11) is 0. The Morgan fingerprint density at radius 1 is 1.04 bits per heavy atom. The molecule has 0 bridgehead atoms. The summed E-state index contributed by atoms with van der Waals surface area (Å²) in [6.07, 6.45) is 0. The van der Waals surface area contributed by atoms with Crippen molar-refractivity contribution in [3.8, 4) is 11.6 Å². The van der Waals surface area contributed by atoms with E-state index in [1.807, 2.05) is 31.2 Å². The van der Waals surface area contributed by atoms with Crippen molar-refractivity contribution in [2.24, 2.45) is 0 Å². The van der Waals surface area contributed by atoms with Gasteiger partial charge in [-0.3, -0.25) is 4.79 Å². The van der Waals surface area contributed by atoms with E-state index in [2.05, 4.69) is 15.5 Å². The minimum atomic E-state index is -0.339. The zero-order valence-electron chi connectivity index (χ0n) is 12.9. The zero-order valence-corrected chi connectivity index (χ0v) is 13.6. The molecule has 1 N–H and O–H groups in total. The Bertz CT molecular complexity index is 852. The molecule has 1 heterocycles. The molecular formula is C18H14ClN3O2. The van der Waals surface area contributed by atoms with Gasteiger partial charge in [0.1, 0.15) is 5.75 Å². The van der Waals surface area contributed by atoms with Gasteiger partial charge in [-0.1, -0.05) is 35.9 Å². The second-order valence-corrected chi connectivity index (χ2v) is 5.52. The summed E-state index contributed by atoms with van der Waals surface area (Å²) in [6.45, 7) is 1.94. The first kappa shape index (κ1) is 16.0. The summed E-state index contributed by atoms with van der Waals surface area (Å²) in [5, 5.41) is 11.0. The second kappa shape index (κ2) is 7.10. The number of ether oxygens (including phenoxy) is 1. The van der Waals surface area contributed by atoms with E-state index in [0.717, 1.165) is 5.56 Å². The highest BCUT2D eigenvalue weighted by Crippen LogP contribution is 2.28. The third kappa shape index (κ3) is 3.88. The van der Waals surface area contributed by atoms with Crippen LogP contribution in [0, 0.1) is 6.92 Å². The smallest absolute Gasteiger partial charge is 0.276 e. The molecule has 0 atom stereocenters. The van der Waals surface area contributed by atoms with Crippen LogP contribution in [0.4, 0.5) is 5.69 Å². The molecule has 24 heavy (non-hydrogen) atoms. The molecule has 2 aromatic carbocycles. The molecule has 0 fully saturated rings. The summed E-state index contributed by atoms with van der Waals surface area (Å²) < 4.78 is 5.58. The van der Waals surface area contributed by atoms with Gasteiger partial charge in [0.15, 0.2) is 5.69 Å². The van der Waals surface area contributed by atoms with Crippen molar-refractivity contribution in [1.82, 2.24) is 10.2 Å². The largest absolute Gasteiger partial charge is 0.436 e. The van der Waals surface area contributed by atoms with Crippen LogP contribution in [-0.4, -0.2) is 16.1 Å². The van der Waals surface area contributed by atoms with Crippen LogP contribution in [0.3, 0.4) is 0 Å². The van der Waals surface area contributed by atoms with Crippen LogP contribution < -0.4 is 10.1 Å². The molecule has 1 aromatic heterocycles. The van der Waals surface area contributed by atoms with Crippen molar-refractivity contribution in [2.45, 2.75) is 6.92 Å². The molecular weight excluding hydrogens is 326 g/mol. The Hall–Kier alpha value is -2.92.